The fraction of sp³-hybridized carbons (Fsp3) is 0.222. The van der Waals surface area contributed by atoms with Crippen LogP contribution >= 0.6 is 0 Å². The molecule has 0 spiro atoms. The van der Waals surface area contributed by atoms with E-state index in [9.17, 15) is 4.79 Å². The van der Waals surface area contributed by atoms with Crippen molar-refractivity contribution in [1.82, 2.24) is 0 Å². The molecule has 0 aliphatic rings. The lowest BCUT2D eigenvalue weighted by molar-refractivity contribution is -0.136. The van der Waals surface area contributed by atoms with Gasteiger partial charge in [0.05, 0.1) is 6.42 Å². The molecule has 12 heavy (non-hydrogen) atoms. The third-order valence-corrected chi connectivity index (χ3v) is 1.51. The zero-order valence-electron chi connectivity index (χ0n) is 6.87. The minimum Gasteiger partial charge on any atom is -0.481 e. The Morgan fingerprint density at radius 1 is 1.50 bits per heavy atom. The predicted molar refractivity (Wildman–Crippen MR) is 46.9 cm³/mol. The summed E-state index contributed by atoms with van der Waals surface area (Å²) in [6, 6.07) is 5.32. The normalized spacial score (nSPS) is 9.75. The summed E-state index contributed by atoms with van der Waals surface area (Å²) >= 11 is 0. The van der Waals surface area contributed by atoms with Crippen molar-refractivity contribution in [3.63, 3.8) is 0 Å². The van der Waals surface area contributed by atoms with Crippen molar-refractivity contribution in [1.29, 1.82) is 0 Å². The number of carboxylic acid groups (broad SMARTS) is 1. The summed E-state index contributed by atoms with van der Waals surface area (Å²) in [6.07, 6.45) is 0.0336. The second-order valence-corrected chi connectivity index (χ2v) is 2.82. The molecule has 0 fully saturated rings. The molecule has 0 atom stereocenters. The van der Waals surface area contributed by atoms with E-state index in [-0.39, 0.29) is 6.42 Å². The van der Waals surface area contributed by atoms with Crippen LogP contribution in [0.3, 0.4) is 0 Å². The second kappa shape index (κ2) is 3.26. The molecule has 0 aliphatic heterocycles. The van der Waals surface area contributed by atoms with Crippen LogP contribution in [0.2, 0.25) is 0 Å². The van der Waals surface area contributed by atoms with Gasteiger partial charge in [0, 0.05) is 5.69 Å². The maximum atomic E-state index is 10.4. The lowest BCUT2D eigenvalue weighted by atomic mass is 10.1. The highest BCUT2D eigenvalue weighted by atomic mass is 16.4. The average molecular weight is 165 g/mol. The lowest BCUT2D eigenvalue weighted by Gasteiger charge is -2.01. The Hall–Kier alpha value is -1.51. The fourth-order valence-electron chi connectivity index (χ4n) is 1.17. The van der Waals surface area contributed by atoms with Crippen LogP contribution in [0.5, 0.6) is 0 Å². The molecular weight excluding hydrogens is 154 g/mol. The van der Waals surface area contributed by atoms with Gasteiger partial charge in [-0.05, 0) is 30.2 Å². The SMILES string of the molecule is Cc1cc(N)cc(CC(=O)O)c1. The number of nitrogens with two attached hydrogens (primary N) is 1. The Bertz CT molecular complexity index is 287. The third-order valence-electron chi connectivity index (χ3n) is 1.51. The third kappa shape index (κ3) is 2.27. The highest BCUT2D eigenvalue weighted by Crippen LogP contribution is 2.11. The molecule has 1 aromatic carbocycles. The monoisotopic (exact) mass is 165 g/mol. The van der Waals surface area contributed by atoms with Crippen molar-refractivity contribution >= 4 is 11.7 Å². The van der Waals surface area contributed by atoms with Crippen molar-refractivity contribution in [2.24, 2.45) is 0 Å². The molecule has 1 aromatic rings. The maximum absolute atomic E-state index is 10.4. The Morgan fingerprint density at radius 2 is 2.17 bits per heavy atom. The molecule has 64 valence electrons. The number of benzene rings is 1. The summed E-state index contributed by atoms with van der Waals surface area (Å²) in [5.41, 5.74) is 7.90. The van der Waals surface area contributed by atoms with Gasteiger partial charge in [-0.1, -0.05) is 6.07 Å². The summed E-state index contributed by atoms with van der Waals surface area (Å²) in [6.45, 7) is 1.89. The van der Waals surface area contributed by atoms with Gasteiger partial charge >= 0.3 is 5.97 Å². The van der Waals surface area contributed by atoms with Crippen LogP contribution in [-0.4, -0.2) is 11.1 Å². The molecule has 0 saturated heterocycles. The van der Waals surface area contributed by atoms with Crippen LogP contribution in [-0.2, 0) is 11.2 Å². The summed E-state index contributed by atoms with van der Waals surface area (Å²) < 4.78 is 0. The second-order valence-electron chi connectivity index (χ2n) is 2.82. The average Bonchev–Trinajstić information content (AvgIpc) is 1.81. The van der Waals surface area contributed by atoms with Gasteiger partial charge < -0.3 is 10.8 Å². The molecule has 1 rings (SSSR count). The summed E-state index contributed by atoms with van der Waals surface area (Å²) in [5, 5.41) is 8.51. The first-order valence-electron chi connectivity index (χ1n) is 3.66. The highest BCUT2D eigenvalue weighted by molar-refractivity contribution is 5.70. The number of aryl methyl sites for hydroxylation is 1. The van der Waals surface area contributed by atoms with Crippen LogP contribution < -0.4 is 5.73 Å². The van der Waals surface area contributed by atoms with E-state index in [4.69, 9.17) is 10.8 Å². The first-order chi connectivity index (χ1) is 5.58. The molecule has 3 N–H and O–H groups in total. The van der Waals surface area contributed by atoms with Crippen LogP contribution in [0, 0.1) is 6.92 Å². The van der Waals surface area contributed by atoms with E-state index in [2.05, 4.69) is 0 Å². The van der Waals surface area contributed by atoms with Crippen LogP contribution in [0.25, 0.3) is 0 Å². The number of hydrogen-bond donors (Lipinski definition) is 2. The molecule has 0 aromatic heterocycles. The Morgan fingerprint density at radius 3 is 2.67 bits per heavy atom. The Balaban J connectivity index is 2.93. The smallest absolute Gasteiger partial charge is 0.307 e. The van der Waals surface area contributed by atoms with Crippen molar-refractivity contribution in [2.75, 3.05) is 5.73 Å². The van der Waals surface area contributed by atoms with Crippen molar-refractivity contribution < 1.29 is 9.90 Å². The minimum atomic E-state index is -0.833. The zero-order chi connectivity index (χ0) is 9.14. The van der Waals surface area contributed by atoms with Gasteiger partial charge in [-0.15, -0.1) is 0 Å². The highest BCUT2D eigenvalue weighted by Gasteiger charge is 2.01. The van der Waals surface area contributed by atoms with E-state index in [1.807, 2.05) is 19.1 Å². The van der Waals surface area contributed by atoms with Crippen molar-refractivity contribution in [3.8, 4) is 0 Å². The molecule has 0 heterocycles. The molecule has 0 amide bonds. The largest absolute Gasteiger partial charge is 0.481 e. The molecule has 0 bridgehead atoms. The van der Waals surface area contributed by atoms with Crippen molar-refractivity contribution in [3.05, 3.63) is 29.3 Å². The molecule has 0 unspecified atom stereocenters. The number of hydrogen-bond acceptors (Lipinski definition) is 2. The molecule has 0 aliphatic carbocycles. The van der Waals surface area contributed by atoms with E-state index < -0.39 is 5.97 Å². The van der Waals surface area contributed by atoms with E-state index in [0.29, 0.717) is 5.69 Å². The maximum Gasteiger partial charge on any atom is 0.307 e. The minimum absolute atomic E-state index is 0.0336. The number of nitrogen functional groups attached to an aromatic ring is 1. The summed E-state index contributed by atoms with van der Waals surface area (Å²) in [7, 11) is 0. The summed E-state index contributed by atoms with van der Waals surface area (Å²) in [5.74, 6) is -0.833. The number of aliphatic carboxylic acids is 1. The first-order valence-corrected chi connectivity index (χ1v) is 3.66. The predicted octanol–water partition coefficient (Wildman–Crippen LogP) is 1.20. The first kappa shape index (κ1) is 8.59. The van der Waals surface area contributed by atoms with Gasteiger partial charge in [0.2, 0.25) is 0 Å². The zero-order valence-corrected chi connectivity index (χ0v) is 6.87. The molecule has 3 nitrogen and oxygen atoms in total. The summed E-state index contributed by atoms with van der Waals surface area (Å²) in [4.78, 5) is 10.4. The van der Waals surface area contributed by atoms with Gasteiger partial charge in [0.15, 0.2) is 0 Å². The Kier molecular flexibility index (Phi) is 2.33. The van der Waals surface area contributed by atoms with Crippen LogP contribution in [0.4, 0.5) is 5.69 Å². The van der Waals surface area contributed by atoms with Gasteiger partial charge in [-0.25, -0.2) is 0 Å². The van der Waals surface area contributed by atoms with Gasteiger partial charge in [0.1, 0.15) is 0 Å². The van der Waals surface area contributed by atoms with Crippen molar-refractivity contribution in [2.45, 2.75) is 13.3 Å². The number of anilines is 1. The molecule has 3 heteroatoms. The molecule has 0 radical (unpaired) electrons. The van der Waals surface area contributed by atoms with E-state index in [1.54, 1.807) is 6.07 Å². The standard InChI is InChI=1S/C9H11NO2/c1-6-2-7(5-9(11)12)4-8(10)3-6/h2-4H,5,10H2,1H3,(H,11,12). The van der Waals surface area contributed by atoms with Crippen LogP contribution in [0.1, 0.15) is 11.1 Å². The van der Waals surface area contributed by atoms with Crippen LogP contribution in [0.15, 0.2) is 18.2 Å². The topological polar surface area (TPSA) is 63.3 Å². The van der Waals surface area contributed by atoms with E-state index in [1.165, 1.54) is 0 Å². The number of carbonyl (C=O) groups is 1. The molecule has 0 saturated carbocycles. The quantitative estimate of drug-likeness (QED) is 0.647. The number of carboxylic acids is 1. The Labute approximate surface area is 70.8 Å². The van der Waals surface area contributed by atoms with E-state index in [0.717, 1.165) is 11.1 Å². The van der Waals surface area contributed by atoms with Gasteiger partial charge in [0.25, 0.3) is 0 Å². The van der Waals surface area contributed by atoms with Gasteiger partial charge in [-0.3, -0.25) is 4.79 Å². The van der Waals surface area contributed by atoms with Gasteiger partial charge in [-0.2, -0.15) is 0 Å². The number of rotatable bonds is 2. The fourth-order valence-corrected chi connectivity index (χ4v) is 1.17. The lowest BCUT2D eigenvalue weighted by Crippen LogP contribution is -2.01. The van der Waals surface area contributed by atoms with E-state index >= 15 is 0 Å². The molecular formula is C9H11NO2.